The van der Waals surface area contributed by atoms with E-state index in [9.17, 15) is 9.18 Å². The second-order valence-electron chi connectivity index (χ2n) is 4.88. The quantitative estimate of drug-likeness (QED) is 0.770. The number of hydrogen-bond acceptors (Lipinski definition) is 3. The van der Waals surface area contributed by atoms with Crippen LogP contribution in [0.3, 0.4) is 0 Å². The van der Waals surface area contributed by atoms with Crippen molar-refractivity contribution in [2.45, 2.75) is 6.42 Å². The van der Waals surface area contributed by atoms with E-state index in [0.717, 1.165) is 16.8 Å². The van der Waals surface area contributed by atoms with E-state index in [1.165, 1.54) is 12.1 Å². The van der Waals surface area contributed by atoms with Gasteiger partial charge in [0.05, 0.1) is 17.6 Å². The SMILES string of the molecule is O=C(O)Cc1cc(Nc2ccc(F)cc2)c2ccccc2n1. The molecule has 0 bridgehead atoms. The molecule has 2 aromatic carbocycles. The van der Waals surface area contributed by atoms with Crippen LogP contribution in [0.4, 0.5) is 15.8 Å². The lowest BCUT2D eigenvalue weighted by atomic mass is 10.1. The summed E-state index contributed by atoms with van der Waals surface area (Å²) in [5, 5.41) is 13.0. The number of aliphatic carboxylic acids is 1. The van der Waals surface area contributed by atoms with Crippen LogP contribution in [0.25, 0.3) is 10.9 Å². The average Bonchev–Trinajstić information content (AvgIpc) is 2.49. The summed E-state index contributed by atoms with van der Waals surface area (Å²) in [6, 6.07) is 15.2. The molecule has 110 valence electrons. The predicted molar refractivity (Wildman–Crippen MR) is 82.8 cm³/mol. The van der Waals surface area contributed by atoms with E-state index >= 15 is 0 Å². The second kappa shape index (κ2) is 5.81. The maximum Gasteiger partial charge on any atom is 0.309 e. The first-order valence-electron chi connectivity index (χ1n) is 6.75. The third-order valence-electron chi connectivity index (χ3n) is 3.22. The zero-order valence-corrected chi connectivity index (χ0v) is 11.6. The third-order valence-corrected chi connectivity index (χ3v) is 3.22. The Balaban J connectivity index is 2.05. The summed E-state index contributed by atoms with van der Waals surface area (Å²) < 4.78 is 13.0. The van der Waals surface area contributed by atoms with E-state index in [1.54, 1.807) is 18.2 Å². The Labute approximate surface area is 126 Å². The predicted octanol–water partition coefficient (Wildman–Crippen LogP) is 3.74. The molecule has 0 atom stereocenters. The molecule has 0 aliphatic carbocycles. The lowest BCUT2D eigenvalue weighted by Crippen LogP contribution is -2.04. The average molecular weight is 296 g/mol. The number of halogens is 1. The van der Waals surface area contributed by atoms with Crippen LogP contribution in [0.5, 0.6) is 0 Å². The highest BCUT2D eigenvalue weighted by atomic mass is 19.1. The number of aromatic nitrogens is 1. The van der Waals surface area contributed by atoms with Gasteiger partial charge in [0.15, 0.2) is 0 Å². The van der Waals surface area contributed by atoms with Crippen LogP contribution in [-0.4, -0.2) is 16.1 Å². The molecule has 1 heterocycles. The fraction of sp³-hybridized carbons (Fsp3) is 0.0588. The van der Waals surface area contributed by atoms with Crippen molar-refractivity contribution in [2.24, 2.45) is 0 Å². The summed E-state index contributed by atoms with van der Waals surface area (Å²) in [6.07, 6.45) is -0.150. The number of fused-ring (bicyclic) bond motifs is 1. The Hall–Kier alpha value is -2.95. The van der Waals surface area contributed by atoms with Crippen molar-refractivity contribution in [3.05, 3.63) is 66.1 Å². The van der Waals surface area contributed by atoms with Gasteiger partial charge in [0.2, 0.25) is 0 Å². The van der Waals surface area contributed by atoms with Crippen LogP contribution in [0.2, 0.25) is 0 Å². The van der Waals surface area contributed by atoms with Crippen molar-refractivity contribution in [1.29, 1.82) is 0 Å². The normalized spacial score (nSPS) is 10.6. The highest BCUT2D eigenvalue weighted by Gasteiger charge is 2.09. The Bertz CT molecular complexity index is 832. The second-order valence-corrected chi connectivity index (χ2v) is 4.88. The molecule has 0 amide bonds. The van der Waals surface area contributed by atoms with Crippen LogP contribution in [0.15, 0.2) is 54.6 Å². The molecule has 0 unspecified atom stereocenters. The number of anilines is 2. The van der Waals surface area contributed by atoms with E-state index in [4.69, 9.17) is 5.11 Å². The standard InChI is InChI=1S/C17H13FN2O2/c18-11-5-7-12(8-6-11)19-16-9-13(10-17(21)22)20-15-4-2-1-3-14(15)16/h1-9H,10H2,(H,19,20)(H,21,22). The summed E-state index contributed by atoms with van der Waals surface area (Å²) in [6.45, 7) is 0. The van der Waals surface area contributed by atoms with Crippen molar-refractivity contribution in [1.82, 2.24) is 4.98 Å². The monoisotopic (exact) mass is 296 g/mol. The number of nitrogens with zero attached hydrogens (tertiary/aromatic N) is 1. The molecule has 0 aliphatic rings. The van der Waals surface area contributed by atoms with Gasteiger partial charge in [-0.25, -0.2) is 4.39 Å². The van der Waals surface area contributed by atoms with Crippen molar-refractivity contribution in [3.8, 4) is 0 Å². The van der Waals surface area contributed by atoms with Crippen LogP contribution in [0, 0.1) is 5.82 Å². The molecule has 4 nitrogen and oxygen atoms in total. The van der Waals surface area contributed by atoms with Gasteiger partial charge in [0.1, 0.15) is 5.82 Å². The Kier molecular flexibility index (Phi) is 3.70. The maximum atomic E-state index is 13.0. The topological polar surface area (TPSA) is 62.2 Å². The van der Waals surface area contributed by atoms with Crippen molar-refractivity contribution in [3.63, 3.8) is 0 Å². The van der Waals surface area contributed by atoms with Crippen LogP contribution >= 0.6 is 0 Å². The number of benzene rings is 2. The summed E-state index contributed by atoms with van der Waals surface area (Å²) in [7, 11) is 0. The fourth-order valence-electron chi connectivity index (χ4n) is 2.27. The van der Waals surface area contributed by atoms with E-state index in [-0.39, 0.29) is 12.2 Å². The molecule has 5 heteroatoms. The van der Waals surface area contributed by atoms with Crippen LogP contribution in [0.1, 0.15) is 5.69 Å². The zero-order chi connectivity index (χ0) is 15.5. The molecule has 0 saturated heterocycles. The minimum Gasteiger partial charge on any atom is -0.481 e. The van der Waals surface area contributed by atoms with Gasteiger partial charge in [0, 0.05) is 16.8 Å². The summed E-state index contributed by atoms with van der Waals surface area (Å²) in [4.78, 5) is 15.3. The van der Waals surface area contributed by atoms with Gasteiger partial charge in [-0.2, -0.15) is 0 Å². The fourth-order valence-corrected chi connectivity index (χ4v) is 2.27. The highest BCUT2D eigenvalue weighted by molar-refractivity contribution is 5.93. The molecule has 1 aromatic heterocycles. The molecule has 0 radical (unpaired) electrons. The first-order valence-corrected chi connectivity index (χ1v) is 6.75. The molecule has 3 aromatic rings. The summed E-state index contributed by atoms with van der Waals surface area (Å²) >= 11 is 0. The van der Waals surface area contributed by atoms with E-state index in [0.29, 0.717) is 11.2 Å². The molecular formula is C17H13FN2O2. The maximum absolute atomic E-state index is 13.0. The van der Waals surface area contributed by atoms with Gasteiger partial charge in [-0.3, -0.25) is 9.78 Å². The molecule has 0 aliphatic heterocycles. The molecule has 0 saturated carbocycles. The number of hydrogen-bond donors (Lipinski definition) is 2. The minimum absolute atomic E-state index is 0.150. The van der Waals surface area contributed by atoms with Crippen LogP contribution < -0.4 is 5.32 Å². The van der Waals surface area contributed by atoms with E-state index < -0.39 is 5.97 Å². The number of carboxylic acid groups (broad SMARTS) is 1. The van der Waals surface area contributed by atoms with Crippen molar-refractivity contribution in [2.75, 3.05) is 5.32 Å². The lowest BCUT2D eigenvalue weighted by Gasteiger charge is -2.11. The van der Waals surface area contributed by atoms with Gasteiger partial charge in [-0.05, 0) is 36.4 Å². The van der Waals surface area contributed by atoms with Crippen molar-refractivity contribution >= 4 is 28.2 Å². The number of carboxylic acids is 1. The molecule has 0 fully saturated rings. The van der Waals surface area contributed by atoms with Gasteiger partial charge < -0.3 is 10.4 Å². The van der Waals surface area contributed by atoms with Gasteiger partial charge in [-0.15, -0.1) is 0 Å². The Morgan fingerprint density at radius 1 is 1.14 bits per heavy atom. The Morgan fingerprint density at radius 2 is 1.86 bits per heavy atom. The van der Waals surface area contributed by atoms with Gasteiger partial charge in [-0.1, -0.05) is 18.2 Å². The van der Waals surface area contributed by atoms with Crippen molar-refractivity contribution < 1.29 is 14.3 Å². The number of carbonyl (C=O) groups is 1. The smallest absolute Gasteiger partial charge is 0.309 e. The minimum atomic E-state index is -0.935. The lowest BCUT2D eigenvalue weighted by molar-refractivity contribution is -0.136. The van der Waals surface area contributed by atoms with E-state index in [2.05, 4.69) is 10.3 Å². The first kappa shape index (κ1) is 14.0. The summed E-state index contributed by atoms with van der Waals surface area (Å²) in [5.74, 6) is -1.24. The molecular weight excluding hydrogens is 283 g/mol. The van der Waals surface area contributed by atoms with Gasteiger partial charge in [0.25, 0.3) is 0 Å². The van der Waals surface area contributed by atoms with Crippen LogP contribution in [-0.2, 0) is 11.2 Å². The highest BCUT2D eigenvalue weighted by Crippen LogP contribution is 2.26. The largest absolute Gasteiger partial charge is 0.481 e. The third kappa shape index (κ3) is 3.03. The molecule has 22 heavy (non-hydrogen) atoms. The number of nitrogens with one attached hydrogen (secondary N) is 1. The first-order chi connectivity index (χ1) is 10.6. The summed E-state index contributed by atoms with van der Waals surface area (Å²) in [5.41, 5.74) is 2.65. The molecule has 3 rings (SSSR count). The van der Waals surface area contributed by atoms with Gasteiger partial charge >= 0.3 is 5.97 Å². The molecule has 2 N–H and O–H groups in total. The number of para-hydroxylation sites is 1. The van der Waals surface area contributed by atoms with E-state index in [1.807, 2.05) is 24.3 Å². The zero-order valence-electron chi connectivity index (χ0n) is 11.6. The Morgan fingerprint density at radius 3 is 2.59 bits per heavy atom. The number of rotatable bonds is 4. The number of pyridine rings is 1. The molecule has 0 spiro atoms.